The predicted octanol–water partition coefficient (Wildman–Crippen LogP) is 2.20. The minimum atomic E-state index is -0.615. The molecule has 0 saturated heterocycles. The van der Waals surface area contributed by atoms with Gasteiger partial charge in [0.2, 0.25) is 0 Å². The number of amides is 1. The molecule has 0 fully saturated rings. The summed E-state index contributed by atoms with van der Waals surface area (Å²) in [6.07, 6.45) is 2.47. The Labute approximate surface area is 103 Å². The Hall–Kier alpha value is -1.26. The summed E-state index contributed by atoms with van der Waals surface area (Å²) in [6.45, 7) is 6.13. The fourth-order valence-electron chi connectivity index (χ4n) is 1.19. The average Bonchev–Trinajstić information content (AvgIpc) is 2.32. The molecule has 0 aromatic carbocycles. The van der Waals surface area contributed by atoms with Crippen molar-refractivity contribution in [2.45, 2.75) is 46.1 Å². The van der Waals surface area contributed by atoms with Crippen LogP contribution in [0.4, 0.5) is 4.79 Å². The van der Waals surface area contributed by atoms with Gasteiger partial charge in [0, 0.05) is 7.05 Å². The molecule has 0 aliphatic carbocycles. The van der Waals surface area contributed by atoms with Gasteiger partial charge in [-0.25, -0.2) is 9.59 Å². The predicted molar refractivity (Wildman–Crippen MR) is 64.7 cm³/mol. The van der Waals surface area contributed by atoms with Gasteiger partial charge in [0.25, 0.3) is 0 Å². The molecule has 0 heterocycles. The number of unbranched alkanes of at least 4 members (excludes halogenated alkanes) is 2. The zero-order valence-corrected chi connectivity index (χ0v) is 11.2. The molecule has 0 aromatic rings. The minimum Gasteiger partial charge on any atom is -0.464 e. The first-order valence-electron chi connectivity index (χ1n) is 6.10. The lowest BCUT2D eigenvalue weighted by molar-refractivity contribution is -0.148. The van der Waals surface area contributed by atoms with E-state index in [0.717, 1.165) is 19.3 Å². The SMILES string of the molecule is CCCCCOC(=O)C(C)N(C)C(=O)OCC. The van der Waals surface area contributed by atoms with Gasteiger partial charge < -0.3 is 9.47 Å². The number of hydrogen-bond donors (Lipinski definition) is 0. The Bertz CT molecular complexity index is 243. The van der Waals surface area contributed by atoms with E-state index in [1.807, 2.05) is 0 Å². The van der Waals surface area contributed by atoms with Crippen LogP contribution < -0.4 is 0 Å². The summed E-state index contributed by atoms with van der Waals surface area (Å²) in [6, 6.07) is -0.615. The molecule has 1 unspecified atom stereocenters. The van der Waals surface area contributed by atoms with Gasteiger partial charge in [0.05, 0.1) is 13.2 Å². The third-order valence-corrected chi connectivity index (χ3v) is 2.47. The van der Waals surface area contributed by atoms with Crippen LogP contribution in [0.2, 0.25) is 0 Å². The highest BCUT2D eigenvalue weighted by Gasteiger charge is 2.24. The monoisotopic (exact) mass is 245 g/mol. The van der Waals surface area contributed by atoms with Gasteiger partial charge >= 0.3 is 12.1 Å². The molecule has 0 radical (unpaired) electrons. The number of carbonyl (C=O) groups is 2. The number of ether oxygens (including phenoxy) is 2. The maximum Gasteiger partial charge on any atom is 0.410 e. The van der Waals surface area contributed by atoms with Crippen LogP contribution in [0.15, 0.2) is 0 Å². The van der Waals surface area contributed by atoms with E-state index in [9.17, 15) is 9.59 Å². The molecule has 0 spiro atoms. The van der Waals surface area contributed by atoms with Crippen LogP contribution >= 0.6 is 0 Å². The molecule has 5 nitrogen and oxygen atoms in total. The Kier molecular flexibility index (Phi) is 8.19. The summed E-state index contributed by atoms with van der Waals surface area (Å²) < 4.78 is 9.86. The van der Waals surface area contributed by atoms with Crippen LogP contribution in [-0.4, -0.2) is 43.3 Å². The maximum atomic E-state index is 11.6. The van der Waals surface area contributed by atoms with E-state index in [4.69, 9.17) is 9.47 Å². The number of nitrogens with zero attached hydrogens (tertiary/aromatic N) is 1. The minimum absolute atomic E-state index is 0.293. The standard InChI is InChI=1S/C12H23NO4/c1-5-7-8-9-17-11(14)10(3)13(4)12(15)16-6-2/h10H,5-9H2,1-4H3. The van der Waals surface area contributed by atoms with Crippen molar-refractivity contribution in [1.82, 2.24) is 4.90 Å². The van der Waals surface area contributed by atoms with Crippen molar-refractivity contribution in [3.05, 3.63) is 0 Å². The Morgan fingerprint density at radius 2 is 1.82 bits per heavy atom. The number of likely N-dealkylation sites (N-methyl/N-ethyl adjacent to an activating group) is 1. The van der Waals surface area contributed by atoms with Gasteiger partial charge in [-0.3, -0.25) is 4.90 Å². The molecule has 0 N–H and O–H groups in total. The van der Waals surface area contributed by atoms with Gasteiger partial charge in [0.15, 0.2) is 0 Å². The lowest BCUT2D eigenvalue weighted by atomic mass is 10.2. The molecule has 5 heteroatoms. The highest BCUT2D eigenvalue weighted by atomic mass is 16.6. The number of hydrogen-bond acceptors (Lipinski definition) is 4. The van der Waals surface area contributed by atoms with E-state index in [2.05, 4.69) is 6.92 Å². The second kappa shape index (κ2) is 8.84. The van der Waals surface area contributed by atoms with Gasteiger partial charge in [-0.1, -0.05) is 19.8 Å². The normalized spacial score (nSPS) is 11.8. The summed E-state index contributed by atoms with van der Waals surface area (Å²) in [5, 5.41) is 0. The van der Waals surface area contributed by atoms with Gasteiger partial charge in [-0.15, -0.1) is 0 Å². The Morgan fingerprint density at radius 3 is 2.35 bits per heavy atom. The number of carbonyl (C=O) groups excluding carboxylic acids is 2. The Morgan fingerprint density at radius 1 is 1.18 bits per heavy atom. The highest BCUT2D eigenvalue weighted by Crippen LogP contribution is 2.03. The zero-order valence-electron chi connectivity index (χ0n) is 11.2. The molecule has 0 aliphatic rings. The summed E-state index contributed by atoms with van der Waals surface area (Å²) in [5.41, 5.74) is 0. The van der Waals surface area contributed by atoms with E-state index >= 15 is 0 Å². The molecule has 0 aromatic heterocycles. The quantitative estimate of drug-likeness (QED) is 0.509. The van der Waals surface area contributed by atoms with Crippen LogP contribution in [0.25, 0.3) is 0 Å². The zero-order chi connectivity index (χ0) is 13.3. The largest absolute Gasteiger partial charge is 0.464 e. The lowest BCUT2D eigenvalue weighted by Gasteiger charge is -2.22. The van der Waals surface area contributed by atoms with Crippen molar-refractivity contribution in [2.24, 2.45) is 0 Å². The van der Waals surface area contributed by atoms with Crippen molar-refractivity contribution in [1.29, 1.82) is 0 Å². The molecule has 17 heavy (non-hydrogen) atoms. The second-order valence-electron chi connectivity index (χ2n) is 3.86. The van der Waals surface area contributed by atoms with Crippen molar-refractivity contribution < 1.29 is 19.1 Å². The number of rotatable bonds is 7. The summed E-state index contributed by atoms with van der Waals surface area (Å²) in [4.78, 5) is 24.2. The first kappa shape index (κ1) is 15.7. The van der Waals surface area contributed by atoms with E-state index in [1.165, 1.54) is 11.9 Å². The fraction of sp³-hybridized carbons (Fsp3) is 0.833. The molecule has 1 amide bonds. The first-order chi connectivity index (χ1) is 8.04. The smallest absolute Gasteiger partial charge is 0.410 e. The van der Waals surface area contributed by atoms with Crippen molar-refractivity contribution in [3.8, 4) is 0 Å². The van der Waals surface area contributed by atoms with E-state index < -0.39 is 18.1 Å². The summed E-state index contributed by atoms with van der Waals surface area (Å²) >= 11 is 0. The summed E-state index contributed by atoms with van der Waals surface area (Å²) in [7, 11) is 1.52. The molecule has 0 rings (SSSR count). The van der Waals surface area contributed by atoms with Crippen LogP contribution in [0, 0.1) is 0 Å². The lowest BCUT2D eigenvalue weighted by Crippen LogP contribution is -2.41. The van der Waals surface area contributed by atoms with Gasteiger partial charge in [-0.05, 0) is 20.3 Å². The van der Waals surface area contributed by atoms with E-state index in [-0.39, 0.29) is 0 Å². The summed E-state index contributed by atoms with van der Waals surface area (Å²) in [5.74, 6) is -0.392. The fourth-order valence-corrected chi connectivity index (χ4v) is 1.19. The number of esters is 1. The topological polar surface area (TPSA) is 55.8 Å². The van der Waals surface area contributed by atoms with Crippen molar-refractivity contribution in [2.75, 3.05) is 20.3 Å². The third kappa shape index (κ3) is 6.14. The third-order valence-electron chi connectivity index (χ3n) is 2.47. The molecular weight excluding hydrogens is 222 g/mol. The molecular formula is C12H23NO4. The van der Waals surface area contributed by atoms with Crippen molar-refractivity contribution in [3.63, 3.8) is 0 Å². The first-order valence-corrected chi connectivity index (χ1v) is 6.10. The molecule has 0 saturated carbocycles. The van der Waals surface area contributed by atoms with E-state index in [0.29, 0.717) is 13.2 Å². The second-order valence-corrected chi connectivity index (χ2v) is 3.86. The van der Waals surface area contributed by atoms with Crippen LogP contribution in [0.1, 0.15) is 40.0 Å². The Balaban J connectivity index is 3.98. The van der Waals surface area contributed by atoms with E-state index in [1.54, 1.807) is 13.8 Å². The van der Waals surface area contributed by atoms with Crippen LogP contribution in [0.5, 0.6) is 0 Å². The molecule has 100 valence electrons. The van der Waals surface area contributed by atoms with Gasteiger partial charge in [-0.2, -0.15) is 0 Å². The molecule has 0 aliphatic heterocycles. The van der Waals surface area contributed by atoms with Crippen molar-refractivity contribution >= 4 is 12.1 Å². The van der Waals surface area contributed by atoms with Crippen LogP contribution in [0.3, 0.4) is 0 Å². The molecule has 0 bridgehead atoms. The average molecular weight is 245 g/mol. The van der Waals surface area contributed by atoms with Gasteiger partial charge in [0.1, 0.15) is 6.04 Å². The highest BCUT2D eigenvalue weighted by molar-refractivity contribution is 5.80. The maximum absolute atomic E-state index is 11.6. The molecule has 1 atom stereocenters. The van der Waals surface area contributed by atoms with Crippen LogP contribution in [-0.2, 0) is 14.3 Å².